The molecule has 8 nitrogen and oxygen atoms in total. The van der Waals surface area contributed by atoms with Gasteiger partial charge < -0.3 is 29.2 Å². The molecule has 2 heterocycles. The highest BCUT2D eigenvalue weighted by Crippen LogP contribution is 2.26. The molecule has 8 heteroatoms. The largest absolute Gasteiger partial charge is 0.482 e. The van der Waals surface area contributed by atoms with E-state index in [1.54, 1.807) is 12.3 Å². The molecule has 0 aliphatic carbocycles. The maximum absolute atomic E-state index is 10.7. The third-order valence-corrected chi connectivity index (χ3v) is 4.42. The van der Waals surface area contributed by atoms with E-state index in [-0.39, 0.29) is 19.5 Å². The van der Waals surface area contributed by atoms with Gasteiger partial charge in [0.25, 0.3) is 0 Å². The number of nitrogens with two attached hydrogens (primary N) is 1. The second kappa shape index (κ2) is 9.04. The van der Waals surface area contributed by atoms with Gasteiger partial charge in [-0.25, -0.2) is 4.79 Å². The van der Waals surface area contributed by atoms with E-state index in [0.717, 1.165) is 11.1 Å². The van der Waals surface area contributed by atoms with Gasteiger partial charge in [0, 0.05) is 18.1 Å². The number of nitrogens with zero attached hydrogens (tertiary/aromatic N) is 1. The first kappa shape index (κ1) is 19.4. The Morgan fingerprint density at radius 2 is 1.93 bits per heavy atom. The Kier molecular flexibility index (Phi) is 5.84. The fourth-order valence-electron chi connectivity index (χ4n) is 2.98. The Morgan fingerprint density at radius 1 is 1.13 bits per heavy atom. The topological polar surface area (TPSA) is 106 Å². The van der Waals surface area contributed by atoms with Crippen LogP contribution in [0.2, 0.25) is 0 Å². The lowest BCUT2D eigenvalue weighted by molar-refractivity contribution is 0.0557. The summed E-state index contributed by atoms with van der Waals surface area (Å²) >= 11 is 0. The lowest BCUT2D eigenvalue weighted by Crippen LogP contribution is -2.22. The first-order valence-corrected chi connectivity index (χ1v) is 9.31. The summed E-state index contributed by atoms with van der Waals surface area (Å²) in [6.07, 6.45) is 1.05. The van der Waals surface area contributed by atoms with Crippen molar-refractivity contribution in [2.45, 2.75) is 19.1 Å². The van der Waals surface area contributed by atoms with Crippen LogP contribution in [0, 0.1) is 0 Å². The molecule has 2 N–H and O–H groups in total. The summed E-state index contributed by atoms with van der Waals surface area (Å²) in [5.74, 6) is 1.73. The number of carbonyl (C=O) groups excluding carboxylic acids is 1. The molecule has 4 rings (SSSR count). The van der Waals surface area contributed by atoms with E-state index in [1.165, 1.54) is 0 Å². The average Bonchev–Trinajstić information content (AvgIpc) is 3.46. The number of amides is 1. The van der Waals surface area contributed by atoms with Gasteiger partial charge in [0.2, 0.25) is 6.79 Å². The summed E-state index contributed by atoms with van der Waals surface area (Å²) in [6, 6.07) is 19.1. The molecular weight excluding hydrogens is 388 g/mol. The highest BCUT2D eigenvalue weighted by Gasteiger charge is 2.22. The second-order valence-electron chi connectivity index (χ2n) is 6.56. The lowest BCUT2D eigenvalue weighted by Gasteiger charge is -2.19. The summed E-state index contributed by atoms with van der Waals surface area (Å²) in [5, 5.41) is 3.98. The van der Waals surface area contributed by atoms with Crippen LogP contribution in [-0.4, -0.2) is 24.1 Å². The minimum atomic E-state index is -0.869. The van der Waals surface area contributed by atoms with Crippen LogP contribution in [0.3, 0.4) is 0 Å². The summed E-state index contributed by atoms with van der Waals surface area (Å²) in [5.41, 5.74) is 7.52. The summed E-state index contributed by atoms with van der Waals surface area (Å²) < 4.78 is 26.8. The molecule has 154 valence electrons. The lowest BCUT2D eigenvalue weighted by atomic mass is 10.1. The van der Waals surface area contributed by atoms with Gasteiger partial charge in [0.15, 0.2) is 24.2 Å². The Balaban J connectivity index is 1.45. The first-order valence-electron chi connectivity index (χ1n) is 9.31. The van der Waals surface area contributed by atoms with Crippen LogP contribution in [0.25, 0.3) is 11.3 Å². The molecule has 0 spiro atoms. The molecule has 0 bridgehead atoms. The van der Waals surface area contributed by atoms with Crippen molar-refractivity contribution in [3.63, 3.8) is 0 Å². The average molecular weight is 408 g/mol. The van der Waals surface area contributed by atoms with E-state index < -0.39 is 6.09 Å². The van der Waals surface area contributed by atoms with E-state index in [2.05, 4.69) is 5.16 Å². The number of hydrogen-bond donors (Lipinski definition) is 1. The molecule has 1 aliphatic rings. The van der Waals surface area contributed by atoms with Crippen molar-refractivity contribution >= 4 is 6.09 Å². The predicted octanol–water partition coefficient (Wildman–Crippen LogP) is 3.77. The highest BCUT2D eigenvalue weighted by molar-refractivity contribution is 5.64. The Bertz CT molecular complexity index is 1010. The van der Waals surface area contributed by atoms with Crippen molar-refractivity contribution in [1.82, 2.24) is 5.16 Å². The van der Waals surface area contributed by atoms with Gasteiger partial charge in [-0.3, -0.25) is 0 Å². The Hall–Kier alpha value is -3.94. The molecule has 0 saturated heterocycles. The van der Waals surface area contributed by atoms with Gasteiger partial charge in [-0.15, -0.1) is 0 Å². The molecule has 1 amide bonds. The van der Waals surface area contributed by atoms with Crippen molar-refractivity contribution in [1.29, 1.82) is 0 Å². The third-order valence-electron chi connectivity index (χ3n) is 4.42. The monoisotopic (exact) mass is 408 g/mol. The molecule has 0 radical (unpaired) electrons. The van der Waals surface area contributed by atoms with Crippen molar-refractivity contribution in [3.05, 3.63) is 84.0 Å². The van der Waals surface area contributed by atoms with Crippen LogP contribution < -0.4 is 10.5 Å². The SMILES string of the molecule is NC(=O)OCc1cc(-c2ccc(OC(Cc3ccccc3)C3=COCO3)cc2)no1. The molecule has 0 fully saturated rings. The quantitative estimate of drug-likeness (QED) is 0.605. The van der Waals surface area contributed by atoms with Gasteiger partial charge in [0.1, 0.15) is 17.7 Å². The summed E-state index contributed by atoms with van der Waals surface area (Å²) in [4.78, 5) is 10.7. The van der Waals surface area contributed by atoms with Gasteiger partial charge >= 0.3 is 6.09 Å². The zero-order chi connectivity index (χ0) is 20.8. The molecule has 1 unspecified atom stereocenters. The maximum atomic E-state index is 10.7. The van der Waals surface area contributed by atoms with Crippen molar-refractivity contribution < 1.29 is 28.3 Å². The van der Waals surface area contributed by atoms with Gasteiger partial charge in [-0.05, 0) is 29.8 Å². The highest BCUT2D eigenvalue weighted by atomic mass is 16.7. The molecule has 1 atom stereocenters. The van der Waals surface area contributed by atoms with E-state index in [0.29, 0.717) is 29.4 Å². The second-order valence-corrected chi connectivity index (χ2v) is 6.56. The van der Waals surface area contributed by atoms with Crippen LogP contribution in [0.1, 0.15) is 11.3 Å². The van der Waals surface area contributed by atoms with Crippen LogP contribution in [-0.2, 0) is 27.2 Å². The van der Waals surface area contributed by atoms with E-state index in [9.17, 15) is 4.79 Å². The predicted molar refractivity (Wildman–Crippen MR) is 106 cm³/mol. The molecule has 2 aromatic carbocycles. The zero-order valence-electron chi connectivity index (χ0n) is 16.0. The third kappa shape index (κ3) is 4.91. The number of primary amides is 1. The normalized spacial score (nSPS) is 13.7. The number of aromatic nitrogens is 1. The molecule has 3 aromatic rings. The van der Waals surface area contributed by atoms with Gasteiger partial charge in [-0.2, -0.15) is 0 Å². The van der Waals surface area contributed by atoms with Gasteiger partial charge in [-0.1, -0.05) is 35.5 Å². The molecular formula is C22H20N2O6. The Morgan fingerprint density at radius 3 is 2.63 bits per heavy atom. The first-order chi connectivity index (χ1) is 14.7. The molecule has 1 aromatic heterocycles. The van der Waals surface area contributed by atoms with E-state index >= 15 is 0 Å². The van der Waals surface area contributed by atoms with Crippen molar-refractivity contribution in [2.24, 2.45) is 5.73 Å². The zero-order valence-corrected chi connectivity index (χ0v) is 16.0. The summed E-state index contributed by atoms with van der Waals surface area (Å²) in [7, 11) is 0. The Labute approximate surface area is 172 Å². The van der Waals surface area contributed by atoms with E-state index in [1.807, 2.05) is 54.6 Å². The van der Waals surface area contributed by atoms with Crippen LogP contribution >= 0.6 is 0 Å². The van der Waals surface area contributed by atoms with E-state index in [4.69, 9.17) is 29.2 Å². The number of ether oxygens (including phenoxy) is 4. The number of carbonyl (C=O) groups is 1. The van der Waals surface area contributed by atoms with Crippen LogP contribution in [0.15, 0.2) is 77.2 Å². The molecule has 0 saturated carbocycles. The number of hydrogen-bond acceptors (Lipinski definition) is 7. The minimum Gasteiger partial charge on any atom is -0.482 e. The smallest absolute Gasteiger partial charge is 0.404 e. The van der Waals surface area contributed by atoms with Crippen LogP contribution in [0.4, 0.5) is 4.79 Å². The molecule has 30 heavy (non-hydrogen) atoms. The van der Waals surface area contributed by atoms with Crippen molar-refractivity contribution in [3.8, 4) is 17.0 Å². The fourth-order valence-corrected chi connectivity index (χ4v) is 2.98. The number of rotatable bonds is 8. The maximum Gasteiger partial charge on any atom is 0.404 e. The number of benzene rings is 2. The molecule has 1 aliphatic heterocycles. The van der Waals surface area contributed by atoms with Crippen LogP contribution in [0.5, 0.6) is 5.75 Å². The fraction of sp³-hybridized carbons (Fsp3) is 0.182. The van der Waals surface area contributed by atoms with Gasteiger partial charge in [0.05, 0.1) is 0 Å². The van der Waals surface area contributed by atoms with Crippen molar-refractivity contribution in [2.75, 3.05) is 6.79 Å². The summed E-state index contributed by atoms with van der Waals surface area (Å²) in [6.45, 7) is 0.124. The minimum absolute atomic E-state index is 0.0676. The standard InChI is InChI=1S/C22H20N2O6/c23-22(25)27-12-18-11-19(24-30-18)16-6-8-17(9-7-16)29-20(21-13-26-14-28-21)10-15-4-2-1-3-5-15/h1-9,11,13,20H,10,12,14H2,(H2,23,25).